The van der Waals surface area contributed by atoms with Crippen LogP contribution in [0.1, 0.15) is 32.1 Å². The molecule has 1 aliphatic carbocycles. The molecule has 0 atom stereocenters. The quantitative estimate of drug-likeness (QED) is 0.830. The number of halogens is 1. The number of rotatable bonds is 3. The molecular formula is C12H17FN2O2S. The molecule has 1 fully saturated rings. The molecule has 0 radical (unpaired) electrons. The van der Waals surface area contributed by atoms with Crippen LogP contribution in [0.15, 0.2) is 18.2 Å². The molecule has 0 aromatic heterocycles. The number of benzene rings is 1. The standard InChI is InChI=1S/C12H17FN2O2S/c13-10-7-4-8-11(14)12(10)15-18(16,17)9-5-2-1-3-6-9/h4,7-9,15H,1-3,5-6,14H2. The number of nitrogens with one attached hydrogen (secondary N) is 1. The van der Waals surface area contributed by atoms with Crippen molar-refractivity contribution in [2.24, 2.45) is 0 Å². The topological polar surface area (TPSA) is 72.2 Å². The largest absolute Gasteiger partial charge is 0.397 e. The second-order valence-corrected chi connectivity index (χ2v) is 6.57. The molecule has 0 amide bonds. The van der Waals surface area contributed by atoms with E-state index in [1.165, 1.54) is 18.2 Å². The number of nitrogens with two attached hydrogens (primary N) is 1. The monoisotopic (exact) mass is 272 g/mol. The lowest BCUT2D eigenvalue weighted by atomic mass is 10.0. The predicted octanol–water partition coefficient (Wildman–Crippen LogP) is 2.48. The van der Waals surface area contributed by atoms with Gasteiger partial charge in [0.2, 0.25) is 10.0 Å². The molecular weight excluding hydrogens is 255 g/mol. The summed E-state index contributed by atoms with van der Waals surface area (Å²) < 4.78 is 40.1. The highest BCUT2D eigenvalue weighted by atomic mass is 32.2. The van der Waals surface area contributed by atoms with E-state index >= 15 is 0 Å². The summed E-state index contributed by atoms with van der Waals surface area (Å²) in [6.07, 6.45) is 4.12. The molecule has 18 heavy (non-hydrogen) atoms. The number of hydrogen-bond acceptors (Lipinski definition) is 3. The van der Waals surface area contributed by atoms with Crippen LogP contribution in [0.2, 0.25) is 0 Å². The zero-order valence-electron chi connectivity index (χ0n) is 10.0. The molecule has 1 aromatic rings. The zero-order chi connectivity index (χ0) is 13.2. The minimum absolute atomic E-state index is 0.106. The molecule has 0 unspecified atom stereocenters. The van der Waals surface area contributed by atoms with E-state index in [4.69, 9.17) is 5.73 Å². The van der Waals surface area contributed by atoms with Crippen LogP contribution < -0.4 is 10.5 Å². The Balaban J connectivity index is 2.22. The highest BCUT2D eigenvalue weighted by Crippen LogP contribution is 2.28. The Bertz CT molecular complexity index is 505. The van der Waals surface area contributed by atoms with Gasteiger partial charge < -0.3 is 5.73 Å². The second kappa shape index (κ2) is 5.14. The van der Waals surface area contributed by atoms with Crippen molar-refractivity contribution >= 4 is 21.4 Å². The molecule has 0 saturated heterocycles. The summed E-state index contributed by atoms with van der Waals surface area (Å²) in [7, 11) is -3.55. The maximum atomic E-state index is 13.5. The second-order valence-electron chi connectivity index (χ2n) is 4.61. The van der Waals surface area contributed by atoms with Crippen LogP contribution in [0.5, 0.6) is 0 Å². The Kier molecular flexibility index (Phi) is 3.75. The summed E-state index contributed by atoms with van der Waals surface area (Å²) in [4.78, 5) is 0. The lowest BCUT2D eigenvalue weighted by Crippen LogP contribution is -2.30. The average Bonchev–Trinajstić information content (AvgIpc) is 2.35. The molecule has 6 heteroatoms. The van der Waals surface area contributed by atoms with Crippen molar-refractivity contribution < 1.29 is 12.8 Å². The van der Waals surface area contributed by atoms with Gasteiger partial charge in [0.1, 0.15) is 11.5 Å². The highest BCUT2D eigenvalue weighted by Gasteiger charge is 2.28. The van der Waals surface area contributed by atoms with Gasteiger partial charge in [0.15, 0.2) is 0 Å². The lowest BCUT2D eigenvalue weighted by Gasteiger charge is -2.23. The van der Waals surface area contributed by atoms with Gasteiger partial charge >= 0.3 is 0 Å². The van der Waals surface area contributed by atoms with Crippen LogP contribution in [-0.4, -0.2) is 13.7 Å². The highest BCUT2D eigenvalue weighted by molar-refractivity contribution is 7.93. The fourth-order valence-electron chi connectivity index (χ4n) is 2.25. The van der Waals surface area contributed by atoms with E-state index in [0.717, 1.165) is 19.3 Å². The van der Waals surface area contributed by atoms with Crippen molar-refractivity contribution in [1.29, 1.82) is 0 Å². The third-order valence-electron chi connectivity index (χ3n) is 3.28. The normalized spacial score (nSPS) is 17.6. The van der Waals surface area contributed by atoms with Gasteiger partial charge in [-0.15, -0.1) is 0 Å². The first-order valence-electron chi connectivity index (χ1n) is 6.06. The van der Waals surface area contributed by atoms with E-state index in [9.17, 15) is 12.8 Å². The van der Waals surface area contributed by atoms with Crippen LogP contribution in [-0.2, 0) is 10.0 Å². The maximum Gasteiger partial charge on any atom is 0.235 e. The van der Waals surface area contributed by atoms with Crippen LogP contribution in [0, 0.1) is 5.82 Å². The Hall–Kier alpha value is -1.30. The minimum atomic E-state index is -3.55. The molecule has 1 aromatic carbocycles. The van der Waals surface area contributed by atoms with Crippen molar-refractivity contribution in [3.63, 3.8) is 0 Å². The molecule has 0 bridgehead atoms. The third-order valence-corrected chi connectivity index (χ3v) is 5.12. The Labute approximate surface area is 106 Å². The first kappa shape index (κ1) is 13.1. The lowest BCUT2D eigenvalue weighted by molar-refractivity contribution is 0.486. The van der Waals surface area contributed by atoms with Crippen molar-refractivity contribution in [3.05, 3.63) is 24.0 Å². The number of para-hydroxylation sites is 1. The van der Waals surface area contributed by atoms with Gasteiger partial charge in [0.25, 0.3) is 0 Å². The zero-order valence-corrected chi connectivity index (χ0v) is 10.8. The van der Waals surface area contributed by atoms with Gasteiger partial charge in [0, 0.05) is 0 Å². The van der Waals surface area contributed by atoms with E-state index in [1.54, 1.807) is 0 Å². The molecule has 1 aliphatic rings. The van der Waals surface area contributed by atoms with Crippen molar-refractivity contribution in [2.75, 3.05) is 10.5 Å². The third kappa shape index (κ3) is 2.75. The molecule has 3 N–H and O–H groups in total. The number of nitrogen functional groups attached to an aromatic ring is 1. The fraction of sp³-hybridized carbons (Fsp3) is 0.500. The first-order chi connectivity index (χ1) is 8.50. The van der Waals surface area contributed by atoms with Gasteiger partial charge in [-0.05, 0) is 25.0 Å². The summed E-state index contributed by atoms with van der Waals surface area (Å²) in [5.41, 5.74) is 5.56. The van der Waals surface area contributed by atoms with E-state index in [0.29, 0.717) is 12.8 Å². The van der Waals surface area contributed by atoms with Crippen molar-refractivity contribution in [2.45, 2.75) is 37.4 Å². The maximum absolute atomic E-state index is 13.5. The molecule has 4 nitrogen and oxygen atoms in total. The van der Waals surface area contributed by atoms with E-state index in [-0.39, 0.29) is 11.4 Å². The number of hydrogen-bond donors (Lipinski definition) is 2. The molecule has 0 spiro atoms. The molecule has 0 aliphatic heterocycles. The van der Waals surface area contributed by atoms with E-state index in [2.05, 4.69) is 4.72 Å². The Morgan fingerprint density at radius 3 is 2.50 bits per heavy atom. The Morgan fingerprint density at radius 2 is 1.89 bits per heavy atom. The van der Waals surface area contributed by atoms with Gasteiger partial charge in [-0.25, -0.2) is 12.8 Å². The van der Waals surface area contributed by atoms with Gasteiger partial charge in [-0.3, -0.25) is 4.72 Å². The summed E-state index contributed by atoms with van der Waals surface area (Å²) >= 11 is 0. The van der Waals surface area contributed by atoms with Crippen molar-refractivity contribution in [3.8, 4) is 0 Å². The summed E-state index contributed by atoms with van der Waals surface area (Å²) in [6.45, 7) is 0. The molecule has 1 saturated carbocycles. The average molecular weight is 272 g/mol. The number of sulfonamides is 1. The van der Waals surface area contributed by atoms with Gasteiger partial charge in [-0.2, -0.15) is 0 Å². The van der Waals surface area contributed by atoms with E-state index < -0.39 is 21.1 Å². The van der Waals surface area contributed by atoms with E-state index in [1.807, 2.05) is 0 Å². The molecule has 2 rings (SSSR count). The summed E-state index contributed by atoms with van der Waals surface area (Å²) in [5.74, 6) is -0.644. The van der Waals surface area contributed by atoms with Gasteiger partial charge in [-0.1, -0.05) is 25.3 Å². The van der Waals surface area contributed by atoms with Crippen LogP contribution in [0.3, 0.4) is 0 Å². The molecule has 100 valence electrons. The summed E-state index contributed by atoms with van der Waals surface area (Å²) in [6, 6.07) is 4.11. The SMILES string of the molecule is Nc1cccc(F)c1NS(=O)(=O)C1CCCCC1. The smallest absolute Gasteiger partial charge is 0.235 e. The minimum Gasteiger partial charge on any atom is -0.397 e. The Morgan fingerprint density at radius 1 is 1.22 bits per heavy atom. The summed E-state index contributed by atoms with van der Waals surface area (Å²) in [5, 5.41) is -0.440. The van der Waals surface area contributed by atoms with Crippen LogP contribution >= 0.6 is 0 Å². The van der Waals surface area contributed by atoms with Crippen LogP contribution in [0.4, 0.5) is 15.8 Å². The van der Waals surface area contributed by atoms with Crippen molar-refractivity contribution in [1.82, 2.24) is 0 Å². The fourth-order valence-corrected chi connectivity index (χ4v) is 3.87. The van der Waals surface area contributed by atoms with Gasteiger partial charge in [0.05, 0.1) is 10.9 Å². The first-order valence-corrected chi connectivity index (χ1v) is 7.61. The van der Waals surface area contributed by atoms with Crippen LogP contribution in [0.25, 0.3) is 0 Å². The predicted molar refractivity (Wildman–Crippen MR) is 70.2 cm³/mol. The number of anilines is 2. The molecule has 0 heterocycles.